The first-order valence-electron chi connectivity index (χ1n) is 8.44. The van der Waals surface area contributed by atoms with E-state index in [0.29, 0.717) is 23.6 Å². The minimum Gasteiger partial charge on any atom is -0.355 e. The summed E-state index contributed by atoms with van der Waals surface area (Å²) in [6.07, 6.45) is 6.52. The molecule has 0 radical (unpaired) electrons. The van der Waals surface area contributed by atoms with E-state index >= 15 is 0 Å². The Morgan fingerprint density at radius 1 is 1.08 bits per heavy atom. The molecule has 1 amide bonds. The maximum atomic E-state index is 12.5. The Balaban J connectivity index is 1.54. The zero-order chi connectivity index (χ0) is 17.5. The molecule has 3 rings (SSSR count). The van der Waals surface area contributed by atoms with Crippen molar-refractivity contribution in [2.45, 2.75) is 26.2 Å². The van der Waals surface area contributed by atoms with Gasteiger partial charge in [-0.3, -0.25) is 9.78 Å². The van der Waals surface area contributed by atoms with E-state index in [0.717, 1.165) is 24.8 Å². The third-order valence-electron chi connectivity index (χ3n) is 4.05. The number of hydrogen-bond acceptors (Lipinski definition) is 4. The SMILES string of the molecule is Cc1noc(-c2ccccc2)c1C(=O)NCCCCc1ccncc1. The van der Waals surface area contributed by atoms with E-state index in [1.165, 1.54) is 5.56 Å². The Morgan fingerprint density at radius 3 is 2.60 bits per heavy atom. The molecule has 0 bridgehead atoms. The second-order valence-electron chi connectivity index (χ2n) is 5.91. The normalized spacial score (nSPS) is 10.6. The first-order chi connectivity index (χ1) is 12.3. The predicted molar refractivity (Wildman–Crippen MR) is 96.2 cm³/mol. The third-order valence-corrected chi connectivity index (χ3v) is 4.05. The van der Waals surface area contributed by atoms with Crippen LogP contribution in [-0.2, 0) is 6.42 Å². The fourth-order valence-electron chi connectivity index (χ4n) is 2.72. The van der Waals surface area contributed by atoms with Gasteiger partial charge >= 0.3 is 0 Å². The molecular formula is C20H21N3O2. The van der Waals surface area contributed by atoms with E-state index in [4.69, 9.17) is 4.52 Å². The minimum atomic E-state index is -0.137. The summed E-state index contributed by atoms with van der Waals surface area (Å²) in [6, 6.07) is 13.6. The number of amides is 1. The van der Waals surface area contributed by atoms with Gasteiger partial charge < -0.3 is 9.84 Å². The van der Waals surface area contributed by atoms with Crippen LogP contribution in [0.3, 0.4) is 0 Å². The fraction of sp³-hybridized carbons (Fsp3) is 0.250. The Hall–Kier alpha value is -2.95. The maximum absolute atomic E-state index is 12.5. The van der Waals surface area contributed by atoms with Gasteiger partial charge in [0.15, 0.2) is 5.76 Å². The highest BCUT2D eigenvalue weighted by Crippen LogP contribution is 2.25. The smallest absolute Gasteiger partial charge is 0.257 e. The molecule has 0 spiro atoms. The van der Waals surface area contributed by atoms with Crippen molar-refractivity contribution in [3.8, 4) is 11.3 Å². The Morgan fingerprint density at radius 2 is 1.84 bits per heavy atom. The molecule has 128 valence electrons. The molecule has 0 fully saturated rings. The van der Waals surface area contributed by atoms with Gasteiger partial charge in [-0.25, -0.2) is 0 Å². The van der Waals surface area contributed by atoms with Crippen molar-refractivity contribution in [1.82, 2.24) is 15.5 Å². The van der Waals surface area contributed by atoms with E-state index in [2.05, 4.69) is 15.5 Å². The highest BCUT2D eigenvalue weighted by molar-refractivity contribution is 6.00. The number of nitrogens with zero attached hydrogens (tertiary/aromatic N) is 2. The zero-order valence-corrected chi connectivity index (χ0v) is 14.2. The number of benzene rings is 1. The van der Waals surface area contributed by atoms with E-state index < -0.39 is 0 Å². The zero-order valence-electron chi connectivity index (χ0n) is 14.2. The minimum absolute atomic E-state index is 0.137. The molecule has 1 aromatic carbocycles. The first kappa shape index (κ1) is 16.9. The molecule has 0 aliphatic rings. The van der Waals surface area contributed by atoms with Gasteiger partial charge in [0.2, 0.25) is 0 Å². The van der Waals surface area contributed by atoms with Crippen molar-refractivity contribution in [1.29, 1.82) is 0 Å². The van der Waals surface area contributed by atoms with Crippen LogP contribution in [-0.4, -0.2) is 22.6 Å². The number of carbonyl (C=O) groups is 1. The quantitative estimate of drug-likeness (QED) is 0.667. The molecular weight excluding hydrogens is 314 g/mol. The second kappa shape index (κ2) is 8.24. The lowest BCUT2D eigenvalue weighted by Crippen LogP contribution is -2.25. The van der Waals surface area contributed by atoms with Gasteiger partial charge in [0, 0.05) is 24.5 Å². The highest BCUT2D eigenvalue weighted by Gasteiger charge is 2.21. The summed E-state index contributed by atoms with van der Waals surface area (Å²) in [4.78, 5) is 16.5. The first-order valence-corrected chi connectivity index (χ1v) is 8.44. The molecule has 0 atom stereocenters. The van der Waals surface area contributed by atoms with Crippen LogP contribution in [0, 0.1) is 6.92 Å². The van der Waals surface area contributed by atoms with Crippen LogP contribution in [0.25, 0.3) is 11.3 Å². The molecule has 0 saturated heterocycles. The van der Waals surface area contributed by atoms with Gasteiger partial charge in [-0.1, -0.05) is 35.5 Å². The lowest BCUT2D eigenvalue weighted by atomic mass is 10.1. The van der Waals surface area contributed by atoms with E-state index in [-0.39, 0.29) is 5.91 Å². The van der Waals surface area contributed by atoms with E-state index in [9.17, 15) is 4.79 Å². The monoisotopic (exact) mass is 335 g/mol. The molecule has 0 saturated carbocycles. The average Bonchev–Trinajstić information content (AvgIpc) is 3.04. The van der Waals surface area contributed by atoms with Crippen molar-refractivity contribution in [3.63, 3.8) is 0 Å². The van der Waals surface area contributed by atoms with Gasteiger partial charge in [0.05, 0.1) is 5.69 Å². The van der Waals surface area contributed by atoms with Crippen molar-refractivity contribution in [2.24, 2.45) is 0 Å². The predicted octanol–water partition coefficient (Wildman–Crippen LogP) is 3.80. The largest absolute Gasteiger partial charge is 0.355 e. The van der Waals surface area contributed by atoms with Crippen LogP contribution in [0.4, 0.5) is 0 Å². The number of nitrogens with one attached hydrogen (secondary N) is 1. The summed E-state index contributed by atoms with van der Waals surface area (Å²) >= 11 is 0. The Bertz CT molecular complexity index is 813. The number of unbranched alkanes of at least 4 members (excludes halogenated alkanes) is 1. The molecule has 5 heteroatoms. The standard InChI is InChI=1S/C20H21N3O2/c1-15-18(19(25-23-15)17-8-3-2-4-9-17)20(24)22-12-6-5-7-16-10-13-21-14-11-16/h2-4,8-11,13-14H,5-7,12H2,1H3,(H,22,24). The maximum Gasteiger partial charge on any atom is 0.257 e. The number of hydrogen-bond donors (Lipinski definition) is 1. The fourth-order valence-corrected chi connectivity index (χ4v) is 2.72. The van der Waals surface area contributed by atoms with Crippen molar-refractivity contribution >= 4 is 5.91 Å². The molecule has 2 aromatic heterocycles. The molecule has 0 aliphatic carbocycles. The van der Waals surface area contributed by atoms with Crippen LogP contribution in [0.2, 0.25) is 0 Å². The Labute approximate surface area is 147 Å². The van der Waals surface area contributed by atoms with Gasteiger partial charge in [0.1, 0.15) is 5.56 Å². The molecule has 5 nitrogen and oxygen atoms in total. The number of aromatic nitrogens is 2. The second-order valence-corrected chi connectivity index (χ2v) is 5.91. The van der Waals surface area contributed by atoms with Gasteiger partial charge in [0.25, 0.3) is 5.91 Å². The number of carbonyl (C=O) groups excluding carboxylic acids is 1. The summed E-state index contributed by atoms with van der Waals surface area (Å²) in [5.41, 5.74) is 3.24. The summed E-state index contributed by atoms with van der Waals surface area (Å²) in [6.45, 7) is 2.41. The van der Waals surface area contributed by atoms with E-state index in [1.807, 2.05) is 42.5 Å². The molecule has 0 unspecified atom stereocenters. The number of rotatable bonds is 7. The van der Waals surface area contributed by atoms with Crippen LogP contribution in [0.15, 0.2) is 59.4 Å². The van der Waals surface area contributed by atoms with Crippen molar-refractivity contribution < 1.29 is 9.32 Å². The highest BCUT2D eigenvalue weighted by atomic mass is 16.5. The molecule has 2 heterocycles. The summed E-state index contributed by atoms with van der Waals surface area (Å²) in [7, 11) is 0. The topological polar surface area (TPSA) is 68.0 Å². The van der Waals surface area contributed by atoms with Crippen molar-refractivity contribution in [2.75, 3.05) is 6.54 Å². The van der Waals surface area contributed by atoms with Gasteiger partial charge in [-0.05, 0) is 43.9 Å². The lowest BCUT2D eigenvalue weighted by Gasteiger charge is -2.06. The Kier molecular flexibility index (Phi) is 5.57. The van der Waals surface area contributed by atoms with Crippen LogP contribution in [0.5, 0.6) is 0 Å². The van der Waals surface area contributed by atoms with E-state index in [1.54, 1.807) is 19.3 Å². The molecule has 25 heavy (non-hydrogen) atoms. The van der Waals surface area contributed by atoms with Crippen LogP contribution in [0.1, 0.15) is 34.5 Å². The summed E-state index contributed by atoms with van der Waals surface area (Å²) in [5.74, 6) is 0.383. The third kappa shape index (κ3) is 4.32. The summed E-state index contributed by atoms with van der Waals surface area (Å²) < 4.78 is 5.37. The molecule has 3 aromatic rings. The van der Waals surface area contributed by atoms with Crippen molar-refractivity contribution in [3.05, 3.63) is 71.7 Å². The lowest BCUT2D eigenvalue weighted by molar-refractivity contribution is 0.0952. The molecule has 0 aliphatic heterocycles. The average molecular weight is 335 g/mol. The van der Waals surface area contributed by atoms with Crippen LogP contribution >= 0.6 is 0 Å². The van der Waals surface area contributed by atoms with Crippen LogP contribution < -0.4 is 5.32 Å². The van der Waals surface area contributed by atoms with Gasteiger partial charge in [-0.15, -0.1) is 0 Å². The summed E-state index contributed by atoms with van der Waals surface area (Å²) in [5, 5.41) is 6.93. The van der Waals surface area contributed by atoms with Gasteiger partial charge in [-0.2, -0.15) is 0 Å². The molecule has 1 N–H and O–H groups in total. The number of aryl methyl sites for hydroxylation is 2. The number of pyridine rings is 1.